The van der Waals surface area contributed by atoms with Crippen molar-refractivity contribution < 1.29 is 9.59 Å². The fourth-order valence-corrected chi connectivity index (χ4v) is 3.76. The van der Waals surface area contributed by atoms with Crippen molar-refractivity contribution in [1.82, 2.24) is 14.5 Å². The molecule has 8 heteroatoms. The highest BCUT2D eigenvalue weighted by Crippen LogP contribution is 2.28. The van der Waals surface area contributed by atoms with Gasteiger partial charge in [0.05, 0.1) is 17.6 Å². The Kier molecular flexibility index (Phi) is 5.81. The molecule has 0 fully saturated rings. The van der Waals surface area contributed by atoms with Crippen LogP contribution in [0.15, 0.2) is 42.6 Å². The summed E-state index contributed by atoms with van der Waals surface area (Å²) >= 11 is 6.03. The standard InChI is InChI=1S/C22H22ClN5O2/c1-14(29)25-19-11-10-17(13-24-19)26-22(30)20-18-5-3-2-4-12-28(18)21(27-20)15-6-8-16(23)9-7-15/h6-11,13H,2-5,12H2,1H3,(H,26,30)(H,24,25,29). The molecule has 0 atom stereocenters. The molecular weight excluding hydrogens is 402 g/mol. The predicted octanol–water partition coefficient (Wildman–Crippen LogP) is 4.54. The zero-order valence-electron chi connectivity index (χ0n) is 16.6. The summed E-state index contributed by atoms with van der Waals surface area (Å²) in [5.41, 5.74) is 2.87. The van der Waals surface area contributed by atoms with Gasteiger partial charge in [-0.1, -0.05) is 18.0 Å². The first-order chi connectivity index (χ1) is 14.5. The summed E-state index contributed by atoms with van der Waals surface area (Å²) < 4.78 is 2.16. The van der Waals surface area contributed by atoms with Crippen LogP contribution in [-0.4, -0.2) is 26.3 Å². The summed E-state index contributed by atoms with van der Waals surface area (Å²) in [6.07, 6.45) is 5.52. The van der Waals surface area contributed by atoms with Gasteiger partial charge >= 0.3 is 0 Å². The van der Waals surface area contributed by atoms with Crippen molar-refractivity contribution in [2.45, 2.75) is 39.2 Å². The van der Waals surface area contributed by atoms with E-state index < -0.39 is 0 Å². The molecule has 0 saturated carbocycles. The van der Waals surface area contributed by atoms with Crippen LogP contribution in [-0.2, 0) is 17.8 Å². The molecule has 1 aliphatic rings. The Morgan fingerprint density at radius 1 is 1.03 bits per heavy atom. The molecule has 2 aromatic heterocycles. The van der Waals surface area contributed by atoms with Gasteiger partial charge in [-0.25, -0.2) is 9.97 Å². The molecule has 4 rings (SSSR count). The number of amides is 2. The topological polar surface area (TPSA) is 88.9 Å². The van der Waals surface area contributed by atoms with Gasteiger partial charge in [-0.3, -0.25) is 9.59 Å². The maximum Gasteiger partial charge on any atom is 0.276 e. The number of carbonyl (C=O) groups excluding carboxylic acids is 2. The van der Waals surface area contributed by atoms with Crippen LogP contribution in [0.2, 0.25) is 5.02 Å². The van der Waals surface area contributed by atoms with Crippen LogP contribution >= 0.6 is 11.6 Å². The van der Waals surface area contributed by atoms with Crippen molar-refractivity contribution >= 4 is 34.9 Å². The van der Waals surface area contributed by atoms with Crippen LogP contribution in [0, 0.1) is 0 Å². The molecule has 3 heterocycles. The molecule has 0 radical (unpaired) electrons. The molecule has 7 nitrogen and oxygen atoms in total. The van der Waals surface area contributed by atoms with Crippen molar-refractivity contribution in [1.29, 1.82) is 0 Å². The van der Waals surface area contributed by atoms with Crippen LogP contribution in [0.5, 0.6) is 0 Å². The highest BCUT2D eigenvalue weighted by molar-refractivity contribution is 6.30. The number of nitrogens with zero attached hydrogens (tertiary/aromatic N) is 3. The number of halogens is 1. The maximum atomic E-state index is 13.1. The average molecular weight is 424 g/mol. The van der Waals surface area contributed by atoms with E-state index in [0.717, 1.165) is 49.3 Å². The van der Waals surface area contributed by atoms with E-state index in [1.54, 1.807) is 12.1 Å². The van der Waals surface area contributed by atoms with Gasteiger partial charge in [-0.2, -0.15) is 0 Å². The normalized spacial score (nSPS) is 13.3. The largest absolute Gasteiger partial charge is 0.327 e. The Morgan fingerprint density at radius 2 is 1.83 bits per heavy atom. The average Bonchev–Trinajstić information content (AvgIpc) is 2.91. The molecule has 2 amide bonds. The minimum absolute atomic E-state index is 0.199. The third-order valence-electron chi connectivity index (χ3n) is 5.01. The fraction of sp³-hybridized carbons (Fsp3) is 0.273. The summed E-state index contributed by atoms with van der Waals surface area (Å²) in [5.74, 6) is 0.749. The summed E-state index contributed by atoms with van der Waals surface area (Å²) in [5, 5.41) is 6.14. The molecule has 2 N–H and O–H groups in total. The van der Waals surface area contributed by atoms with Gasteiger partial charge in [0.15, 0.2) is 0 Å². The Balaban J connectivity index is 1.63. The molecule has 154 valence electrons. The second-order valence-electron chi connectivity index (χ2n) is 7.27. The van der Waals surface area contributed by atoms with E-state index in [9.17, 15) is 9.59 Å². The molecule has 3 aromatic rings. The molecular formula is C22H22ClN5O2. The van der Waals surface area contributed by atoms with Gasteiger partial charge < -0.3 is 15.2 Å². The lowest BCUT2D eigenvalue weighted by Crippen LogP contribution is -2.16. The third-order valence-corrected chi connectivity index (χ3v) is 5.26. The Labute approximate surface area is 179 Å². The van der Waals surface area contributed by atoms with Crippen LogP contribution in [0.4, 0.5) is 11.5 Å². The first-order valence-electron chi connectivity index (χ1n) is 9.91. The molecule has 1 aromatic carbocycles. The number of hydrogen-bond donors (Lipinski definition) is 2. The zero-order chi connectivity index (χ0) is 21.1. The van der Waals surface area contributed by atoms with Crippen LogP contribution in [0.25, 0.3) is 11.4 Å². The molecule has 0 unspecified atom stereocenters. The molecule has 30 heavy (non-hydrogen) atoms. The quantitative estimate of drug-likeness (QED) is 0.644. The number of rotatable bonds is 4. The summed E-state index contributed by atoms with van der Waals surface area (Å²) in [6.45, 7) is 2.25. The molecule has 1 aliphatic heterocycles. The highest BCUT2D eigenvalue weighted by Gasteiger charge is 2.24. The SMILES string of the molecule is CC(=O)Nc1ccc(NC(=O)c2nc(-c3ccc(Cl)cc3)n3c2CCCCC3)cn1. The third kappa shape index (κ3) is 4.36. The van der Waals surface area contributed by atoms with Crippen molar-refractivity contribution in [2.24, 2.45) is 0 Å². The lowest BCUT2D eigenvalue weighted by molar-refractivity contribution is -0.114. The van der Waals surface area contributed by atoms with E-state index in [4.69, 9.17) is 16.6 Å². The predicted molar refractivity (Wildman–Crippen MR) is 117 cm³/mol. The molecule has 0 spiro atoms. The van der Waals surface area contributed by atoms with Gasteiger partial charge in [-0.05, 0) is 55.7 Å². The smallest absolute Gasteiger partial charge is 0.276 e. The maximum absolute atomic E-state index is 13.1. The van der Waals surface area contributed by atoms with Crippen LogP contribution in [0.1, 0.15) is 42.4 Å². The monoisotopic (exact) mass is 423 g/mol. The second-order valence-corrected chi connectivity index (χ2v) is 7.70. The Hall–Kier alpha value is -3.19. The molecule has 0 saturated heterocycles. The van der Waals surface area contributed by atoms with Crippen molar-refractivity contribution in [3.8, 4) is 11.4 Å². The van der Waals surface area contributed by atoms with Crippen LogP contribution < -0.4 is 10.6 Å². The number of carbonyl (C=O) groups is 2. The molecule has 0 bridgehead atoms. The summed E-state index contributed by atoms with van der Waals surface area (Å²) in [6, 6.07) is 10.9. The van der Waals surface area contributed by atoms with Crippen molar-refractivity contribution in [3.63, 3.8) is 0 Å². The minimum atomic E-state index is -0.269. The van der Waals surface area contributed by atoms with E-state index in [-0.39, 0.29) is 11.8 Å². The van der Waals surface area contributed by atoms with E-state index in [1.165, 1.54) is 13.1 Å². The van der Waals surface area contributed by atoms with Gasteiger partial charge in [-0.15, -0.1) is 0 Å². The number of pyridine rings is 1. The first-order valence-corrected chi connectivity index (χ1v) is 10.3. The van der Waals surface area contributed by atoms with Crippen LogP contribution in [0.3, 0.4) is 0 Å². The number of imidazole rings is 1. The summed E-state index contributed by atoms with van der Waals surface area (Å²) in [4.78, 5) is 33.0. The van der Waals surface area contributed by atoms with Gasteiger partial charge in [0, 0.05) is 24.1 Å². The Bertz CT molecular complexity index is 1070. The van der Waals surface area contributed by atoms with E-state index >= 15 is 0 Å². The number of anilines is 2. The Morgan fingerprint density at radius 3 is 2.53 bits per heavy atom. The zero-order valence-corrected chi connectivity index (χ0v) is 17.4. The highest BCUT2D eigenvalue weighted by atomic mass is 35.5. The van der Waals surface area contributed by atoms with Crippen molar-refractivity contribution in [2.75, 3.05) is 10.6 Å². The van der Waals surface area contributed by atoms with Gasteiger partial charge in [0.2, 0.25) is 5.91 Å². The lowest BCUT2D eigenvalue weighted by atomic mass is 10.1. The lowest BCUT2D eigenvalue weighted by Gasteiger charge is -2.09. The molecule has 0 aliphatic carbocycles. The number of nitrogens with one attached hydrogen (secondary N) is 2. The summed E-state index contributed by atoms with van der Waals surface area (Å²) in [7, 11) is 0. The fourth-order valence-electron chi connectivity index (χ4n) is 3.63. The van der Waals surface area contributed by atoms with Gasteiger partial charge in [0.25, 0.3) is 5.91 Å². The number of aromatic nitrogens is 3. The number of benzene rings is 1. The van der Waals surface area contributed by atoms with Gasteiger partial charge in [0.1, 0.15) is 17.3 Å². The van der Waals surface area contributed by atoms with Crippen molar-refractivity contribution in [3.05, 3.63) is 59.0 Å². The number of fused-ring (bicyclic) bond motifs is 1. The minimum Gasteiger partial charge on any atom is -0.327 e. The van der Waals surface area contributed by atoms with E-state index in [0.29, 0.717) is 22.2 Å². The van der Waals surface area contributed by atoms with E-state index in [2.05, 4.69) is 20.2 Å². The first kappa shape index (κ1) is 20.1. The van der Waals surface area contributed by atoms with E-state index in [1.807, 2.05) is 24.3 Å². The number of hydrogen-bond acceptors (Lipinski definition) is 4. The second kappa shape index (κ2) is 8.67.